The van der Waals surface area contributed by atoms with Crippen molar-refractivity contribution in [3.05, 3.63) is 94.7 Å². The maximum atomic E-state index is 15.7. The van der Waals surface area contributed by atoms with Crippen LogP contribution >= 0.6 is 11.8 Å². The second kappa shape index (κ2) is 18.5. The van der Waals surface area contributed by atoms with Crippen LogP contribution in [-0.4, -0.2) is 75.3 Å². The number of esters is 1. The molecule has 1 amide bonds. The Labute approximate surface area is 326 Å². The van der Waals surface area contributed by atoms with Crippen LogP contribution in [0.1, 0.15) is 61.9 Å². The number of ketones is 1. The smallest absolute Gasteiger partial charge is 0.407 e. The van der Waals surface area contributed by atoms with Crippen LogP contribution in [0.3, 0.4) is 0 Å². The van der Waals surface area contributed by atoms with Crippen molar-refractivity contribution in [2.75, 3.05) is 32.1 Å². The molecule has 0 spiro atoms. The fourth-order valence-corrected chi connectivity index (χ4v) is 6.58. The lowest BCUT2D eigenvalue weighted by Crippen LogP contribution is -2.34. The average Bonchev–Trinajstić information content (AvgIpc) is 3.79. The van der Waals surface area contributed by atoms with Gasteiger partial charge < -0.3 is 29.2 Å². The number of fused-ring (bicyclic) bond motifs is 1. The molecule has 16 heteroatoms. The minimum Gasteiger partial charge on any atom is -0.466 e. The molecule has 56 heavy (non-hydrogen) atoms. The summed E-state index contributed by atoms with van der Waals surface area (Å²) in [5.74, 6) is -4.24. The molecule has 1 unspecified atom stereocenters. The second-order valence-electron chi connectivity index (χ2n) is 13.8. The summed E-state index contributed by atoms with van der Waals surface area (Å²) in [4.78, 5) is 44.5. The number of thioether (sulfide) groups is 1. The van der Waals surface area contributed by atoms with Gasteiger partial charge in [-0.3, -0.25) is 9.59 Å². The van der Waals surface area contributed by atoms with Crippen LogP contribution in [0.2, 0.25) is 0 Å². The largest absolute Gasteiger partial charge is 0.466 e. The molecule has 0 fully saturated rings. The number of hydrogen-bond donors (Lipinski definition) is 2. The number of benzene rings is 3. The molecule has 2 N–H and O–H groups in total. The molecule has 0 radical (unpaired) electrons. The lowest BCUT2D eigenvalue weighted by atomic mass is 9.98. The van der Waals surface area contributed by atoms with Gasteiger partial charge in [-0.25, -0.2) is 23.2 Å². The number of hydrogen-bond acceptors (Lipinski definition) is 10. The Bertz CT molecular complexity index is 2200. The molecule has 0 bridgehead atoms. The van der Waals surface area contributed by atoms with Gasteiger partial charge >= 0.3 is 12.1 Å². The number of rotatable bonds is 17. The summed E-state index contributed by atoms with van der Waals surface area (Å²) in [7, 11) is 1.50. The number of H-pyrrole nitrogens is 1. The number of ether oxygens (including phenoxy) is 4. The number of amides is 1. The number of alkyl carbamates (subject to hydrolysis) is 1. The molecule has 0 aliphatic carbocycles. The monoisotopic (exact) mass is 795 g/mol. The van der Waals surface area contributed by atoms with Gasteiger partial charge in [0, 0.05) is 47.8 Å². The predicted octanol–water partition coefficient (Wildman–Crippen LogP) is 7.92. The Balaban J connectivity index is 1.30. The van der Waals surface area contributed by atoms with E-state index < -0.39 is 40.8 Å². The minimum absolute atomic E-state index is 0.00630. The molecule has 3 aromatic carbocycles. The summed E-state index contributed by atoms with van der Waals surface area (Å²) in [6.07, 6.45) is 1.31. The molecular weight excluding hydrogens is 752 g/mol. The van der Waals surface area contributed by atoms with E-state index in [1.165, 1.54) is 41.8 Å². The Kier molecular flexibility index (Phi) is 13.8. The Morgan fingerprint density at radius 3 is 2.57 bits per heavy atom. The van der Waals surface area contributed by atoms with Crippen molar-refractivity contribution < 1.29 is 46.5 Å². The fourth-order valence-electron chi connectivity index (χ4n) is 5.71. The van der Waals surface area contributed by atoms with Gasteiger partial charge in [0.05, 0.1) is 36.8 Å². The summed E-state index contributed by atoms with van der Waals surface area (Å²) in [6, 6.07) is 12.0. The second-order valence-corrected chi connectivity index (χ2v) is 14.9. The highest BCUT2D eigenvalue weighted by molar-refractivity contribution is 7.98. The van der Waals surface area contributed by atoms with Crippen molar-refractivity contribution in [2.45, 2.75) is 52.4 Å². The van der Waals surface area contributed by atoms with Gasteiger partial charge in [0.25, 0.3) is 0 Å². The third kappa shape index (κ3) is 10.5. The first-order valence-electron chi connectivity index (χ1n) is 17.9. The van der Waals surface area contributed by atoms with Crippen LogP contribution in [0, 0.1) is 23.4 Å². The average molecular weight is 796 g/mol. The van der Waals surface area contributed by atoms with Gasteiger partial charge in [0.2, 0.25) is 17.4 Å². The third-order valence-corrected chi connectivity index (χ3v) is 9.22. The van der Waals surface area contributed by atoms with Gasteiger partial charge in [-0.1, -0.05) is 25.1 Å². The van der Waals surface area contributed by atoms with E-state index in [9.17, 15) is 14.4 Å². The standard InChI is InChI=1S/C40H44F3N5O7S/c1-7-53-38(50)23(2)19-24-9-8-10-25(20-24)34(49)36-46-37(48(6)47-36)28-21-26(11-12-30(28)41)54-35-29(27-13-14-44-33(27)31(42)32(35)43)22-56-18-17-52-16-15-45-39(51)55-40(3,4)5/h8-14,20-21,23,44H,7,15-19,22H2,1-6H3,(H,45,51). The van der Waals surface area contributed by atoms with Crippen molar-refractivity contribution in [1.82, 2.24) is 25.1 Å². The summed E-state index contributed by atoms with van der Waals surface area (Å²) in [5.41, 5.74) is 0.655. The minimum atomic E-state index is -1.23. The van der Waals surface area contributed by atoms with Crippen LogP contribution in [0.25, 0.3) is 22.3 Å². The van der Waals surface area contributed by atoms with Crippen LogP contribution in [0.4, 0.5) is 18.0 Å². The van der Waals surface area contributed by atoms with Gasteiger partial charge in [0.1, 0.15) is 17.2 Å². The summed E-state index contributed by atoms with van der Waals surface area (Å²) >= 11 is 1.40. The van der Waals surface area contributed by atoms with E-state index in [2.05, 4.69) is 20.4 Å². The van der Waals surface area contributed by atoms with Crippen molar-refractivity contribution in [3.63, 3.8) is 0 Å². The Hall–Kier alpha value is -5.35. The maximum Gasteiger partial charge on any atom is 0.407 e. The summed E-state index contributed by atoms with van der Waals surface area (Å²) in [6.45, 7) is 9.86. The molecule has 1 atom stereocenters. The van der Waals surface area contributed by atoms with Gasteiger partial charge in [-0.2, -0.15) is 16.2 Å². The van der Waals surface area contributed by atoms with Crippen molar-refractivity contribution in [3.8, 4) is 22.9 Å². The van der Waals surface area contributed by atoms with Crippen molar-refractivity contribution >= 4 is 40.5 Å². The number of carbonyl (C=O) groups is 3. The lowest BCUT2D eigenvalue weighted by Gasteiger charge is -2.19. The normalized spacial score (nSPS) is 12.1. The number of aromatic nitrogens is 4. The molecule has 0 aliphatic rings. The van der Waals surface area contributed by atoms with Crippen molar-refractivity contribution in [2.24, 2.45) is 13.0 Å². The van der Waals surface area contributed by atoms with E-state index in [-0.39, 0.29) is 71.3 Å². The van der Waals surface area contributed by atoms with Gasteiger partial charge in [0.15, 0.2) is 17.4 Å². The first kappa shape index (κ1) is 41.8. The van der Waals surface area contributed by atoms with E-state index in [0.29, 0.717) is 29.7 Å². The Morgan fingerprint density at radius 1 is 1.04 bits per heavy atom. The molecule has 0 saturated heterocycles. The number of aryl methyl sites for hydroxylation is 1. The van der Waals surface area contributed by atoms with E-state index in [0.717, 1.165) is 11.6 Å². The third-order valence-electron chi connectivity index (χ3n) is 8.28. The van der Waals surface area contributed by atoms with Crippen LogP contribution < -0.4 is 10.1 Å². The van der Waals surface area contributed by atoms with Crippen molar-refractivity contribution in [1.29, 1.82) is 0 Å². The number of nitrogens with one attached hydrogen (secondary N) is 2. The molecule has 2 aromatic heterocycles. The zero-order chi connectivity index (χ0) is 40.6. The molecule has 12 nitrogen and oxygen atoms in total. The van der Waals surface area contributed by atoms with Crippen LogP contribution in [-0.2, 0) is 38.2 Å². The quantitative estimate of drug-likeness (QED) is 0.0541. The summed E-state index contributed by atoms with van der Waals surface area (Å²) in [5, 5.41) is 7.26. The van der Waals surface area contributed by atoms with Crippen LogP contribution in [0.5, 0.6) is 11.5 Å². The first-order chi connectivity index (χ1) is 26.7. The fraction of sp³-hybridized carbons (Fsp3) is 0.375. The summed E-state index contributed by atoms with van der Waals surface area (Å²) < 4.78 is 69.4. The highest BCUT2D eigenvalue weighted by Gasteiger charge is 2.25. The zero-order valence-corrected chi connectivity index (χ0v) is 32.8. The topological polar surface area (TPSA) is 147 Å². The molecule has 0 aliphatic heterocycles. The Morgan fingerprint density at radius 2 is 1.82 bits per heavy atom. The highest BCUT2D eigenvalue weighted by Crippen LogP contribution is 2.39. The molecule has 0 saturated carbocycles. The van der Waals surface area contributed by atoms with E-state index in [1.54, 1.807) is 65.0 Å². The highest BCUT2D eigenvalue weighted by atomic mass is 32.2. The first-order valence-corrected chi connectivity index (χ1v) is 19.1. The van der Waals surface area contributed by atoms with Gasteiger partial charge in [-0.05, 0) is 70.0 Å². The zero-order valence-electron chi connectivity index (χ0n) is 32.0. The molecule has 2 heterocycles. The predicted molar refractivity (Wildman–Crippen MR) is 205 cm³/mol. The van der Waals surface area contributed by atoms with E-state index >= 15 is 13.2 Å². The number of carbonyl (C=O) groups excluding carboxylic acids is 3. The molecule has 5 rings (SSSR count). The number of halogens is 3. The number of nitrogens with zero attached hydrogens (tertiary/aromatic N) is 3. The van der Waals surface area contributed by atoms with Gasteiger partial charge in [-0.15, -0.1) is 5.10 Å². The van der Waals surface area contributed by atoms with E-state index in [4.69, 9.17) is 18.9 Å². The molecule has 298 valence electrons. The van der Waals surface area contributed by atoms with Crippen LogP contribution in [0.15, 0.2) is 54.7 Å². The maximum absolute atomic E-state index is 15.7. The van der Waals surface area contributed by atoms with E-state index in [1.807, 2.05) is 0 Å². The SMILES string of the molecule is CCOC(=O)C(C)Cc1cccc(C(=O)c2nc(-c3cc(Oc4c(F)c(F)c5[nH]ccc5c4CSCCOCCNC(=O)OC(C)(C)C)ccc3F)n(C)n2)c1. The number of aromatic amines is 1. The lowest BCUT2D eigenvalue weighted by molar-refractivity contribution is -0.147. The molecular formula is C40H44F3N5O7S. The molecule has 5 aromatic rings.